The van der Waals surface area contributed by atoms with E-state index < -0.39 is 0 Å². The number of carbonyl (C=O) groups is 1. The molecule has 1 unspecified atom stereocenters. The highest BCUT2D eigenvalue weighted by molar-refractivity contribution is 5.80. The van der Waals surface area contributed by atoms with Crippen molar-refractivity contribution in [3.05, 3.63) is 41.5 Å². The molecule has 30 heavy (non-hydrogen) atoms. The molecule has 3 nitrogen and oxygen atoms in total. The third-order valence-electron chi connectivity index (χ3n) is 8.42. The molecule has 4 aliphatic rings. The van der Waals surface area contributed by atoms with Gasteiger partial charge in [-0.05, 0) is 81.0 Å². The Balaban J connectivity index is 1.22. The summed E-state index contributed by atoms with van der Waals surface area (Å²) in [5.74, 6) is 1.97. The lowest BCUT2D eigenvalue weighted by molar-refractivity contribution is -0.134. The van der Waals surface area contributed by atoms with Gasteiger partial charge in [-0.25, -0.2) is 0 Å². The maximum absolute atomic E-state index is 13.0. The summed E-state index contributed by atoms with van der Waals surface area (Å²) < 4.78 is 0. The zero-order chi connectivity index (χ0) is 20.5. The number of hydrogen-bond donors (Lipinski definition) is 0. The van der Waals surface area contributed by atoms with E-state index in [-0.39, 0.29) is 0 Å². The first kappa shape index (κ1) is 20.3. The molecule has 3 heteroatoms. The number of nitrogens with zero attached hydrogens (tertiary/aromatic N) is 2. The number of carbonyl (C=O) groups excluding carboxylic acids is 1. The molecule has 1 saturated carbocycles. The maximum atomic E-state index is 13.0. The predicted octanol–water partition coefficient (Wildman–Crippen LogP) is 5.16. The molecule has 2 aliphatic heterocycles. The first-order valence-corrected chi connectivity index (χ1v) is 12.5. The van der Waals surface area contributed by atoms with E-state index in [1.54, 1.807) is 0 Å². The van der Waals surface area contributed by atoms with E-state index in [9.17, 15) is 4.79 Å². The summed E-state index contributed by atoms with van der Waals surface area (Å²) in [6, 6.07) is 10.1. The van der Waals surface area contributed by atoms with Crippen molar-refractivity contribution in [1.82, 2.24) is 9.80 Å². The van der Waals surface area contributed by atoms with Crippen molar-refractivity contribution in [2.45, 2.75) is 70.8 Å². The molecule has 1 amide bonds. The van der Waals surface area contributed by atoms with Crippen LogP contribution in [0.2, 0.25) is 0 Å². The summed E-state index contributed by atoms with van der Waals surface area (Å²) >= 11 is 0. The van der Waals surface area contributed by atoms with Crippen LogP contribution in [0.5, 0.6) is 0 Å². The van der Waals surface area contributed by atoms with Crippen molar-refractivity contribution in [3.63, 3.8) is 0 Å². The minimum atomic E-state index is 0.315. The van der Waals surface area contributed by atoms with Crippen molar-refractivity contribution < 1.29 is 4.79 Å². The van der Waals surface area contributed by atoms with E-state index in [2.05, 4.69) is 47.1 Å². The van der Waals surface area contributed by atoms with Gasteiger partial charge in [-0.15, -0.1) is 0 Å². The number of hydrogen-bond acceptors (Lipinski definition) is 2. The van der Waals surface area contributed by atoms with Gasteiger partial charge in [0.2, 0.25) is 5.91 Å². The Hall–Kier alpha value is -1.61. The van der Waals surface area contributed by atoms with Gasteiger partial charge in [0.15, 0.2) is 0 Å². The first-order valence-electron chi connectivity index (χ1n) is 12.5. The summed E-state index contributed by atoms with van der Waals surface area (Å²) in [6.45, 7) is 6.76. The second-order valence-electron chi connectivity index (χ2n) is 10.3. The highest BCUT2D eigenvalue weighted by Gasteiger charge is 2.40. The van der Waals surface area contributed by atoms with Crippen molar-refractivity contribution >= 4 is 11.5 Å². The predicted molar refractivity (Wildman–Crippen MR) is 123 cm³/mol. The highest BCUT2D eigenvalue weighted by Crippen LogP contribution is 2.42. The maximum Gasteiger partial charge on any atom is 0.225 e. The molecule has 3 fully saturated rings. The molecule has 1 aromatic rings. The van der Waals surface area contributed by atoms with E-state index in [0.717, 1.165) is 44.8 Å². The Bertz CT molecular complexity index is 777. The topological polar surface area (TPSA) is 23.6 Å². The lowest BCUT2D eigenvalue weighted by Gasteiger charge is -2.26. The van der Waals surface area contributed by atoms with Crippen molar-refractivity contribution in [2.24, 2.45) is 17.8 Å². The highest BCUT2D eigenvalue weighted by atomic mass is 16.2. The Morgan fingerprint density at radius 2 is 1.80 bits per heavy atom. The lowest BCUT2D eigenvalue weighted by atomic mass is 9.78. The molecular formula is C27H38N2O. The van der Waals surface area contributed by atoms with Gasteiger partial charge in [0.1, 0.15) is 0 Å². The summed E-state index contributed by atoms with van der Waals surface area (Å²) in [7, 11) is 0. The van der Waals surface area contributed by atoms with Gasteiger partial charge < -0.3 is 9.80 Å². The molecule has 0 N–H and O–H groups in total. The Labute approximate surface area is 182 Å². The molecule has 3 atom stereocenters. The second-order valence-corrected chi connectivity index (χ2v) is 10.3. The summed E-state index contributed by atoms with van der Waals surface area (Å²) in [4.78, 5) is 17.8. The normalized spacial score (nSPS) is 30.0. The van der Waals surface area contributed by atoms with Crippen molar-refractivity contribution in [2.75, 3.05) is 26.2 Å². The molecular weight excluding hydrogens is 368 g/mol. The minimum Gasteiger partial charge on any atom is -0.342 e. The van der Waals surface area contributed by atoms with Crippen LogP contribution in [0.25, 0.3) is 5.57 Å². The van der Waals surface area contributed by atoms with E-state index >= 15 is 0 Å². The van der Waals surface area contributed by atoms with Crippen LogP contribution in [0.3, 0.4) is 0 Å². The zero-order valence-corrected chi connectivity index (χ0v) is 18.7. The van der Waals surface area contributed by atoms with Crippen molar-refractivity contribution in [3.8, 4) is 0 Å². The number of fused-ring (bicyclic) bond motifs is 1. The van der Waals surface area contributed by atoms with Crippen LogP contribution in [0, 0.1) is 17.8 Å². The fourth-order valence-electron chi connectivity index (χ4n) is 6.52. The van der Waals surface area contributed by atoms with Gasteiger partial charge in [0.25, 0.3) is 0 Å². The van der Waals surface area contributed by atoms with E-state index in [0.29, 0.717) is 23.7 Å². The smallest absolute Gasteiger partial charge is 0.225 e. The van der Waals surface area contributed by atoms with Gasteiger partial charge >= 0.3 is 0 Å². The molecule has 2 heterocycles. The molecule has 5 rings (SSSR count). The lowest BCUT2D eigenvalue weighted by Crippen LogP contribution is -2.33. The van der Waals surface area contributed by atoms with Gasteiger partial charge in [0.05, 0.1) is 0 Å². The summed E-state index contributed by atoms with van der Waals surface area (Å²) in [6.07, 6.45) is 13.5. The largest absolute Gasteiger partial charge is 0.342 e. The van der Waals surface area contributed by atoms with Crippen LogP contribution in [0.15, 0.2) is 30.3 Å². The number of rotatable bonds is 5. The molecule has 162 valence electrons. The van der Waals surface area contributed by atoms with E-state index in [1.165, 1.54) is 61.9 Å². The van der Waals surface area contributed by atoms with E-state index in [4.69, 9.17) is 0 Å². The third kappa shape index (κ3) is 4.10. The minimum absolute atomic E-state index is 0.315. The van der Waals surface area contributed by atoms with Crippen LogP contribution >= 0.6 is 0 Å². The molecule has 0 aromatic heterocycles. The van der Waals surface area contributed by atoms with Gasteiger partial charge in [0, 0.05) is 37.5 Å². The van der Waals surface area contributed by atoms with Gasteiger partial charge in [-0.2, -0.15) is 0 Å². The summed E-state index contributed by atoms with van der Waals surface area (Å²) in [5.41, 5.74) is 4.35. The average molecular weight is 407 g/mol. The number of amides is 1. The van der Waals surface area contributed by atoms with Crippen LogP contribution in [-0.2, 0) is 11.2 Å². The Morgan fingerprint density at radius 3 is 2.53 bits per heavy atom. The number of allylic oxidation sites excluding steroid dienone is 1. The molecule has 0 spiro atoms. The number of benzene rings is 1. The summed E-state index contributed by atoms with van der Waals surface area (Å²) in [5, 5.41) is 0. The van der Waals surface area contributed by atoms with Crippen LogP contribution < -0.4 is 0 Å². The Kier molecular flexibility index (Phi) is 6.00. The third-order valence-corrected chi connectivity index (χ3v) is 8.42. The van der Waals surface area contributed by atoms with Gasteiger partial charge in [-0.3, -0.25) is 4.79 Å². The molecule has 2 aliphatic carbocycles. The van der Waals surface area contributed by atoms with Crippen LogP contribution in [-0.4, -0.2) is 47.9 Å². The quantitative estimate of drug-likeness (QED) is 0.675. The van der Waals surface area contributed by atoms with Crippen LogP contribution in [0.4, 0.5) is 0 Å². The second kappa shape index (κ2) is 8.86. The fourth-order valence-corrected chi connectivity index (χ4v) is 6.52. The molecule has 2 saturated heterocycles. The molecule has 0 bridgehead atoms. The van der Waals surface area contributed by atoms with E-state index in [1.807, 2.05) is 0 Å². The fraction of sp³-hybridized carbons (Fsp3) is 0.667. The molecule has 0 radical (unpaired) electrons. The number of likely N-dealkylation sites (tertiary alicyclic amines) is 2. The standard InChI is InChI=1S/C27H38N2O/c1-20-6-5-16-28(20)17-15-21-11-13-22(14-12-21)25-10-4-9-24-18-29(19-26(24)25)27(30)23-7-2-3-8-23/h10-14,20,23-24,26H,2-9,15-19H2,1H3/t20-,24-,26?/m1/s1. The molecule has 1 aromatic carbocycles. The SMILES string of the molecule is C[C@@H]1CCCN1CCc1ccc(C2=CCC[C@@H]3CN(C(=O)C4CCCC4)CC23)cc1. The monoisotopic (exact) mass is 406 g/mol. The Morgan fingerprint density at radius 1 is 1.00 bits per heavy atom. The van der Waals surface area contributed by atoms with Gasteiger partial charge in [-0.1, -0.05) is 43.2 Å². The van der Waals surface area contributed by atoms with Crippen LogP contribution in [0.1, 0.15) is 69.4 Å². The first-order chi connectivity index (χ1) is 14.7. The van der Waals surface area contributed by atoms with Crippen molar-refractivity contribution in [1.29, 1.82) is 0 Å². The average Bonchev–Trinajstić information content (AvgIpc) is 3.52. The zero-order valence-electron chi connectivity index (χ0n) is 18.7.